The Kier molecular flexibility index (Phi) is 8.38. The molecule has 9 nitrogen and oxygen atoms in total. The fourth-order valence-corrected chi connectivity index (χ4v) is 4.56. The highest BCUT2D eigenvalue weighted by Gasteiger charge is 2.29. The third kappa shape index (κ3) is 5.94. The molecule has 36 heavy (non-hydrogen) atoms. The molecular formula is C24H22FIN4O5S. The van der Waals surface area contributed by atoms with Crippen molar-refractivity contribution in [2.75, 3.05) is 25.6 Å². The van der Waals surface area contributed by atoms with Crippen molar-refractivity contribution in [3.05, 3.63) is 78.9 Å². The lowest BCUT2D eigenvalue weighted by molar-refractivity contribution is -0.119. The average molecular weight is 624 g/mol. The molecule has 1 amide bonds. The molecule has 2 heterocycles. The van der Waals surface area contributed by atoms with E-state index < -0.39 is 29.3 Å². The number of nitrogens with one attached hydrogen (secondary N) is 2. The Labute approximate surface area is 223 Å². The molecule has 1 atom stereocenters. The zero-order valence-corrected chi connectivity index (χ0v) is 22.0. The van der Waals surface area contributed by atoms with Gasteiger partial charge in [0.2, 0.25) is 11.8 Å². The van der Waals surface area contributed by atoms with Gasteiger partial charge in [0.05, 0.1) is 23.5 Å². The van der Waals surface area contributed by atoms with E-state index in [-0.39, 0.29) is 17.8 Å². The van der Waals surface area contributed by atoms with Gasteiger partial charge in [-0.15, -0.1) is 11.3 Å². The number of imidazole rings is 1. The van der Waals surface area contributed by atoms with Crippen molar-refractivity contribution in [2.45, 2.75) is 12.5 Å². The molecule has 3 N–H and O–H groups in total. The number of aromatic amines is 1. The molecule has 0 aliphatic rings. The van der Waals surface area contributed by atoms with Crippen LogP contribution in [0, 0.1) is 9.39 Å². The number of hydrogen-bond donors (Lipinski definition) is 3. The van der Waals surface area contributed by atoms with E-state index in [1.807, 2.05) is 22.6 Å². The molecule has 4 rings (SSSR count). The largest absolute Gasteiger partial charge is 0.493 e. The van der Waals surface area contributed by atoms with Crippen molar-refractivity contribution in [3.8, 4) is 22.9 Å². The fraction of sp³-hybridized carbons (Fsp3) is 0.208. The van der Waals surface area contributed by atoms with Gasteiger partial charge >= 0.3 is 5.69 Å². The van der Waals surface area contributed by atoms with E-state index in [0.717, 1.165) is 4.57 Å². The number of methoxy groups -OCH3 is 1. The minimum Gasteiger partial charge on any atom is -0.493 e. The Bertz CT molecular complexity index is 1390. The number of carbonyl (C=O) groups excluding carboxylic acids is 1. The van der Waals surface area contributed by atoms with Crippen LogP contribution in [0.15, 0.2) is 58.1 Å². The smallest absolute Gasteiger partial charge is 0.329 e. The summed E-state index contributed by atoms with van der Waals surface area (Å²) in [6, 6.07) is 9.91. The van der Waals surface area contributed by atoms with Crippen molar-refractivity contribution in [2.24, 2.45) is 0 Å². The second-order valence-electron chi connectivity index (χ2n) is 7.68. The van der Waals surface area contributed by atoms with Crippen LogP contribution in [0.25, 0.3) is 11.3 Å². The molecule has 0 saturated heterocycles. The summed E-state index contributed by atoms with van der Waals surface area (Å²) in [5.74, 6) is -1.11. The maximum Gasteiger partial charge on any atom is 0.329 e. The zero-order chi connectivity index (χ0) is 25.7. The van der Waals surface area contributed by atoms with Gasteiger partial charge in [0.1, 0.15) is 29.9 Å². The molecule has 4 aromatic rings. The number of anilines is 1. The lowest BCUT2D eigenvalue weighted by Gasteiger charge is -2.18. The monoisotopic (exact) mass is 624 g/mol. The Balaban J connectivity index is 1.65. The summed E-state index contributed by atoms with van der Waals surface area (Å²) in [7, 11) is 1.58. The number of benzene rings is 2. The summed E-state index contributed by atoms with van der Waals surface area (Å²) in [5.41, 5.74) is 2.08. The first-order chi connectivity index (χ1) is 17.4. The molecule has 0 saturated carbocycles. The third-order valence-corrected chi connectivity index (χ3v) is 6.60. The highest BCUT2D eigenvalue weighted by Crippen LogP contribution is 2.31. The van der Waals surface area contributed by atoms with Crippen LogP contribution >= 0.6 is 33.9 Å². The highest BCUT2D eigenvalue weighted by atomic mass is 127. The Morgan fingerprint density at radius 2 is 2.06 bits per heavy atom. The maximum atomic E-state index is 14.4. The van der Waals surface area contributed by atoms with E-state index in [9.17, 15) is 19.1 Å². The summed E-state index contributed by atoms with van der Waals surface area (Å²) in [6.07, 6.45) is 0.0123. The van der Waals surface area contributed by atoms with Gasteiger partial charge < -0.3 is 24.9 Å². The van der Waals surface area contributed by atoms with Crippen LogP contribution in [0.3, 0.4) is 0 Å². The Hall–Kier alpha value is -3.23. The number of H-pyrrole nitrogens is 1. The van der Waals surface area contributed by atoms with Gasteiger partial charge in [-0.2, -0.15) is 0 Å². The quantitative estimate of drug-likeness (QED) is 0.180. The SMILES string of the molecule is COCCOc1ccc(-c2[nH]c(=O)n([C@@H](Cc3cscn3)C(=O)Nc3ccc(I)cc3F)c2O)cc1. The van der Waals surface area contributed by atoms with E-state index in [1.54, 1.807) is 48.3 Å². The van der Waals surface area contributed by atoms with Crippen molar-refractivity contribution >= 4 is 45.5 Å². The molecule has 0 fully saturated rings. The Morgan fingerprint density at radius 3 is 2.72 bits per heavy atom. The van der Waals surface area contributed by atoms with Gasteiger partial charge in [0.15, 0.2) is 0 Å². The molecule has 0 aliphatic carbocycles. The van der Waals surface area contributed by atoms with Gasteiger partial charge in [-0.1, -0.05) is 0 Å². The average Bonchev–Trinajstić information content (AvgIpc) is 3.47. The van der Waals surface area contributed by atoms with E-state index >= 15 is 0 Å². The van der Waals surface area contributed by atoms with Crippen molar-refractivity contribution in [3.63, 3.8) is 0 Å². The second-order valence-corrected chi connectivity index (χ2v) is 9.64. The number of carbonyl (C=O) groups is 1. The van der Waals surface area contributed by atoms with Crippen LogP contribution < -0.4 is 15.7 Å². The number of rotatable bonds is 10. The predicted octanol–water partition coefficient (Wildman–Crippen LogP) is 4.20. The third-order valence-electron chi connectivity index (χ3n) is 5.29. The second kappa shape index (κ2) is 11.7. The number of aromatic hydroxyl groups is 1. The first-order valence-corrected chi connectivity index (χ1v) is 12.8. The fourth-order valence-electron chi connectivity index (χ4n) is 3.54. The number of nitrogens with zero attached hydrogens (tertiary/aromatic N) is 2. The van der Waals surface area contributed by atoms with Crippen LogP contribution in [-0.2, 0) is 16.0 Å². The first kappa shape index (κ1) is 25.9. The van der Waals surface area contributed by atoms with Gasteiger partial charge in [-0.25, -0.2) is 18.7 Å². The van der Waals surface area contributed by atoms with E-state index in [4.69, 9.17) is 9.47 Å². The van der Waals surface area contributed by atoms with Gasteiger partial charge in [-0.05, 0) is 65.1 Å². The van der Waals surface area contributed by atoms with Crippen LogP contribution in [0.4, 0.5) is 10.1 Å². The van der Waals surface area contributed by atoms with Crippen LogP contribution in [0.1, 0.15) is 11.7 Å². The molecule has 12 heteroatoms. The van der Waals surface area contributed by atoms with Gasteiger partial charge in [0.25, 0.3) is 0 Å². The lowest BCUT2D eigenvalue weighted by Crippen LogP contribution is -2.33. The van der Waals surface area contributed by atoms with Crippen molar-refractivity contribution in [1.82, 2.24) is 14.5 Å². The summed E-state index contributed by atoms with van der Waals surface area (Å²) in [5, 5.41) is 15.3. The minimum atomic E-state index is -1.19. The van der Waals surface area contributed by atoms with Crippen molar-refractivity contribution < 1.29 is 23.8 Å². The molecule has 188 valence electrons. The summed E-state index contributed by atoms with van der Waals surface area (Å²) >= 11 is 3.30. The molecule has 0 unspecified atom stereocenters. The van der Waals surface area contributed by atoms with E-state index in [0.29, 0.717) is 33.8 Å². The maximum absolute atomic E-state index is 14.4. The zero-order valence-electron chi connectivity index (χ0n) is 19.0. The number of ether oxygens (including phenoxy) is 2. The molecule has 0 aliphatic heterocycles. The standard InChI is InChI=1S/C24H22FIN4O5S/c1-34-8-9-35-17-5-2-14(3-6-17)21-23(32)30(24(33)29-21)20(11-16-12-36-13-27-16)22(31)28-19-7-4-15(26)10-18(19)25/h2-7,10,12-13,20,32H,8-9,11H2,1H3,(H,28,31)(H,29,33)/t20-/m0/s1. The van der Waals surface area contributed by atoms with Crippen LogP contribution in [0.2, 0.25) is 0 Å². The first-order valence-electron chi connectivity index (χ1n) is 10.8. The summed E-state index contributed by atoms with van der Waals surface area (Å²) in [4.78, 5) is 33.1. The van der Waals surface area contributed by atoms with Crippen LogP contribution in [-0.4, -0.2) is 45.9 Å². The molecule has 0 spiro atoms. The van der Waals surface area contributed by atoms with Crippen molar-refractivity contribution in [1.29, 1.82) is 0 Å². The highest BCUT2D eigenvalue weighted by molar-refractivity contribution is 14.1. The summed E-state index contributed by atoms with van der Waals surface area (Å²) < 4.78 is 26.5. The van der Waals surface area contributed by atoms with Crippen LogP contribution in [0.5, 0.6) is 11.6 Å². The van der Waals surface area contributed by atoms with Gasteiger partial charge in [-0.3, -0.25) is 4.79 Å². The number of hydrogen-bond acceptors (Lipinski definition) is 7. The topological polar surface area (TPSA) is 118 Å². The predicted molar refractivity (Wildman–Crippen MR) is 142 cm³/mol. The molecule has 0 radical (unpaired) electrons. The van der Waals surface area contributed by atoms with E-state index in [1.165, 1.54) is 23.5 Å². The Morgan fingerprint density at radius 1 is 1.28 bits per heavy atom. The number of amides is 1. The number of halogens is 2. The molecular weight excluding hydrogens is 602 g/mol. The molecule has 2 aromatic carbocycles. The minimum absolute atomic E-state index is 0.0123. The normalized spacial score (nSPS) is 11.9. The number of thiazole rings is 1. The molecule has 2 aromatic heterocycles. The van der Waals surface area contributed by atoms with Gasteiger partial charge in [0, 0.05) is 28.0 Å². The van der Waals surface area contributed by atoms with E-state index in [2.05, 4.69) is 15.3 Å². The lowest BCUT2D eigenvalue weighted by atomic mass is 10.1. The number of aromatic nitrogens is 3. The molecule has 0 bridgehead atoms. The summed E-state index contributed by atoms with van der Waals surface area (Å²) in [6.45, 7) is 0.816.